The molecule has 29 heavy (non-hydrogen) atoms. The third-order valence-corrected chi connectivity index (χ3v) is 4.55. The van der Waals surface area contributed by atoms with E-state index in [2.05, 4.69) is 14.9 Å². The largest absolute Gasteiger partial charge is 0.493 e. The highest BCUT2D eigenvalue weighted by Gasteiger charge is 2.12. The van der Waals surface area contributed by atoms with Gasteiger partial charge in [-0.2, -0.15) is 0 Å². The van der Waals surface area contributed by atoms with Gasteiger partial charge in [0.2, 0.25) is 0 Å². The Morgan fingerprint density at radius 1 is 1.00 bits per heavy atom. The summed E-state index contributed by atoms with van der Waals surface area (Å²) >= 11 is 0. The third-order valence-electron chi connectivity index (χ3n) is 4.55. The highest BCUT2D eigenvalue weighted by atomic mass is 16.5. The van der Waals surface area contributed by atoms with Crippen molar-refractivity contribution in [3.63, 3.8) is 0 Å². The molecule has 146 valence electrons. The van der Waals surface area contributed by atoms with Crippen LogP contribution in [-0.4, -0.2) is 29.2 Å². The van der Waals surface area contributed by atoms with Crippen molar-refractivity contribution < 1.29 is 14.3 Å². The molecule has 3 aromatic carbocycles. The highest BCUT2D eigenvalue weighted by molar-refractivity contribution is 5.94. The number of rotatable bonds is 6. The second-order valence-electron chi connectivity index (χ2n) is 6.52. The Hall–Kier alpha value is -3.80. The molecule has 0 unspecified atom stereocenters. The smallest absolute Gasteiger partial charge is 0.262 e. The van der Waals surface area contributed by atoms with E-state index in [4.69, 9.17) is 9.47 Å². The molecule has 0 saturated heterocycles. The van der Waals surface area contributed by atoms with Crippen molar-refractivity contribution in [1.29, 1.82) is 0 Å². The van der Waals surface area contributed by atoms with E-state index in [1.165, 1.54) is 0 Å². The number of para-hydroxylation sites is 3. The van der Waals surface area contributed by atoms with E-state index in [0.29, 0.717) is 17.2 Å². The summed E-state index contributed by atoms with van der Waals surface area (Å²) in [6.07, 6.45) is 0. The number of benzene rings is 3. The summed E-state index contributed by atoms with van der Waals surface area (Å²) in [6, 6.07) is 23.0. The number of carbonyl (C=O) groups is 1. The van der Waals surface area contributed by atoms with Crippen LogP contribution in [0.25, 0.3) is 16.7 Å². The van der Waals surface area contributed by atoms with Gasteiger partial charge in [-0.1, -0.05) is 30.3 Å². The van der Waals surface area contributed by atoms with Crippen molar-refractivity contribution in [1.82, 2.24) is 9.55 Å². The number of ether oxygens (including phenoxy) is 2. The molecule has 1 aromatic heterocycles. The Balaban J connectivity index is 1.49. The lowest BCUT2D eigenvalue weighted by molar-refractivity contribution is -0.118. The van der Waals surface area contributed by atoms with Crippen molar-refractivity contribution in [2.45, 2.75) is 6.92 Å². The van der Waals surface area contributed by atoms with E-state index < -0.39 is 0 Å². The Morgan fingerprint density at radius 3 is 2.48 bits per heavy atom. The zero-order chi connectivity index (χ0) is 20.2. The van der Waals surface area contributed by atoms with E-state index in [9.17, 15) is 4.79 Å². The summed E-state index contributed by atoms with van der Waals surface area (Å²) in [5.41, 5.74) is 3.52. The minimum Gasteiger partial charge on any atom is -0.493 e. The summed E-state index contributed by atoms with van der Waals surface area (Å²) < 4.78 is 12.9. The van der Waals surface area contributed by atoms with Gasteiger partial charge in [0, 0.05) is 11.4 Å². The number of nitrogens with zero attached hydrogens (tertiary/aromatic N) is 2. The van der Waals surface area contributed by atoms with Gasteiger partial charge in [0.05, 0.1) is 18.1 Å². The number of hydrogen-bond donors (Lipinski definition) is 1. The van der Waals surface area contributed by atoms with E-state index in [0.717, 1.165) is 22.5 Å². The standard InChI is InChI=1S/C23H21N3O3/c1-16-24-19-14-17(12-13-20(19)26(16)18-8-4-3-5-9-18)25-23(27)15-29-22-11-7-6-10-21(22)28-2/h3-14H,15H2,1-2H3,(H,25,27). The number of hydrogen-bond acceptors (Lipinski definition) is 4. The van der Waals surface area contributed by atoms with Crippen LogP contribution in [0.2, 0.25) is 0 Å². The minimum atomic E-state index is -0.255. The molecule has 0 fully saturated rings. The quantitative estimate of drug-likeness (QED) is 0.534. The van der Waals surface area contributed by atoms with E-state index >= 15 is 0 Å². The first-order valence-corrected chi connectivity index (χ1v) is 9.26. The SMILES string of the molecule is COc1ccccc1OCC(=O)Nc1ccc2c(c1)nc(C)n2-c1ccccc1. The van der Waals surface area contributed by atoms with Gasteiger partial charge >= 0.3 is 0 Å². The summed E-state index contributed by atoms with van der Waals surface area (Å²) in [6.45, 7) is 1.85. The maximum Gasteiger partial charge on any atom is 0.262 e. The van der Waals surface area contributed by atoms with Gasteiger partial charge in [0.15, 0.2) is 18.1 Å². The van der Waals surface area contributed by atoms with Gasteiger partial charge in [-0.15, -0.1) is 0 Å². The molecule has 0 spiro atoms. The molecule has 0 atom stereocenters. The second kappa shape index (κ2) is 8.06. The van der Waals surface area contributed by atoms with Gasteiger partial charge in [-0.3, -0.25) is 9.36 Å². The molecule has 0 saturated carbocycles. The number of fused-ring (bicyclic) bond motifs is 1. The van der Waals surface area contributed by atoms with Crippen molar-refractivity contribution >= 4 is 22.6 Å². The highest BCUT2D eigenvalue weighted by Crippen LogP contribution is 2.26. The van der Waals surface area contributed by atoms with Gasteiger partial charge in [-0.05, 0) is 49.4 Å². The van der Waals surface area contributed by atoms with Crippen LogP contribution in [0, 0.1) is 6.92 Å². The first kappa shape index (κ1) is 18.6. The zero-order valence-electron chi connectivity index (χ0n) is 16.3. The number of carbonyl (C=O) groups excluding carboxylic acids is 1. The number of amides is 1. The Labute approximate surface area is 168 Å². The van der Waals surface area contributed by atoms with Crippen molar-refractivity contribution in [3.05, 3.63) is 78.6 Å². The molecule has 0 aliphatic heterocycles. The van der Waals surface area contributed by atoms with Gasteiger partial charge in [-0.25, -0.2) is 4.98 Å². The maximum absolute atomic E-state index is 12.3. The molecule has 4 rings (SSSR count). The van der Waals surface area contributed by atoms with Crippen LogP contribution in [0.5, 0.6) is 11.5 Å². The average molecular weight is 387 g/mol. The molecule has 0 aliphatic rings. The molecule has 0 radical (unpaired) electrons. The summed E-state index contributed by atoms with van der Waals surface area (Å²) in [7, 11) is 1.56. The molecule has 0 bridgehead atoms. The van der Waals surface area contributed by atoms with Crippen LogP contribution >= 0.6 is 0 Å². The predicted molar refractivity (Wildman–Crippen MR) is 113 cm³/mol. The molecule has 1 heterocycles. The van der Waals surface area contributed by atoms with Crippen LogP contribution in [0.3, 0.4) is 0 Å². The summed E-state index contributed by atoms with van der Waals surface area (Å²) in [5.74, 6) is 1.74. The number of nitrogens with one attached hydrogen (secondary N) is 1. The fourth-order valence-electron chi connectivity index (χ4n) is 3.26. The Kier molecular flexibility index (Phi) is 5.16. The van der Waals surface area contributed by atoms with E-state index in [-0.39, 0.29) is 12.5 Å². The van der Waals surface area contributed by atoms with Crippen LogP contribution in [0.15, 0.2) is 72.8 Å². The van der Waals surface area contributed by atoms with Crippen LogP contribution in [-0.2, 0) is 4.79 Å². The summed E-state index contributed by atoms with van der Waals surface area (Å²) in [4.78, 5) is 17.0. The van der Waals surface area contributed by atoms with E-state index in [1.54, 1.807) is 19.2 Å². The van der Waals surface area contributed by atoms with Gasteiger partial charge in [0.25, 0.3) is 5.91 Å². The lowest BCUT2D eigenvalue weighted by Crippen LogP contribution is -2.20. The van der Waals surface area contributed by atoms with Crippen LogP contribution in [0.4, 0.5) is 5.69 Å². The van der Waals surface area contributed by atoms with Crippen molar-refractivity contribution in [2.24, 2.45) is 0 Å². The fourth-order valence-corrected chi connectivity index (χ4v) is 3.26. The Morgan fingerprint density at radius 2 is 1.72 bits per heavy atom. The molecular weight excluding hydrogens is 366 g/mol. The maximum atomic E-state index is 12.3. The first-order chi connectivity index (χ1) is 14.2. The molecule has 1 N–H and O–H groups in total. The second-order valence-corrected chi connectivity index (χ2v) is 6.52. The fraction of sp³-hybridized carbons (Fsp3) is 0.130. The van der Waals surface area contributed by atoms with Crippen LogP contribution < -0.4 is 14.8 Å². The number of imidazole rings is 1. The monoisotopic (exact) mass is 387 g/mol. The number of aryl methyl sites for hydroxylation is 1. The minimum absolute atomic E-state index is 0.115. The number of aromatic nitrogens is 2. The normalized spacial score (nSPS) is 10.7. The summed E-state index contributed by atoms with van der Waals surface area (Å²) in [5, 5.41) is 2.86. The van der Waals surface area contributed by atoms with Crippen molar-refractivity contribution in [2.75, 3.05) is 19.0 Å². The molecule has 0 aliphatic carbocycles. The Bertz CT molecular complexity index is 1150. The molecular formula is C23H21N3O3. The lowest BCUT2D eigenvalue weighted by Gasteiger charge is -2.11. The van der Waals surface area contributed by atoms with Gasteiger partial charge in [0.1, 0.15) is 5.82 Å². The molecule has 6 heteroatoms. The molecule has 4 aromatic rings. The van der Waals surface area contributed by atoms with Crippen molar-refractivity contribution in [3.8, 4) is 17.2 Å². The van der Waals surface area contributed by atoms with Crippen LogP contribution in [0.1, 0.15) is 5.82 Å². The molecule has 6 nitrogen and oxygen atoms in total. The number of methoxy groups -OCH3 is 1. The molecule has 1 amide bonds. The third kappa shape index (κ3) is 3.91. The van der Waals surface area contributed by atoms with E-state index in [1.807, 2.05) is 67.6 Å². The lowest BCUT2D eigenvalue weighted by atomic mass is 10.2. The first-order valence-electron chi connectivity index (χ1n) is 9.26. The topological polar surface area (TPSA) is 65.4 Å². The number of anilines is 1. The zero-order valence-corrected chi connectivity index (χ0v) is 16.3. The predicted octanol–water partition coefficient (Wildman–Crippen LogP) is 4.36. The van der Waals surface area contributed by atoms with Gasteiger partial charge < -0.3 is 14.8 Å². The average Bonchev–Trinajstić information content (AvgIpc) is 3.08.